The first-order chi connectivity index (χ1) is 7.88. The van der Waals surface area contributed by atoms with E-state index in [1.807, 2.05) is 0 Å². The molecule has 1 aliphatic rings. The molecule has 16 heavy (non-hydrogen) atoms. The first-order valence-electron chi connectivity index (χ1n) is 5.96. The van der Waals surface area contributed by atoms with E-state index in [1.165, 1.54) is 5.56 Å². The molecule has 88 valence electrons. The fourth-order valence-electron chi connectivity index (χ4n) is 2.10. The lowest BCUT2D eigenvalue weighted by Gasteiger charge is -2.22. The standard InChI is InChI=1S/C13H20N2O/c14-9-13-11-15(7-4-8-16-13)10-12-5-2-1-3-6-12/h1-3,5-6,13H,4,7-11,14H2/t13-/m1/s1. The molecule has 1 aromatic carbocycles. The van der Waals surface area contributed by atoms with Gasteiger partial charge in [0.25, 0.3) is 0 Å². The smallest absolute Gasteiger partial charge is 0.0824 e. The summed E-state index contributed by atoms with van der Waals surface area (Å²) in [5, 5.41) is 0. The quantitative estimate of drug-likeness (QED) is 0.833. The Hall–Kier alpha value is -0.900. The predicted molar refractivity (Wildman–Crippen MR) is 65.1 cm³/mol. The van der Waals surface area contributed by atoms with Crippen molar-refractivity contribution in [1.29, 1.82) is 0 Å². The number of ether oxygens (including phenoxy) is 1. The van der Waals surface area contributed by atoms with Crippen molar-refractivity contribution in [2.24, 2.45) is 5.73 Å². The number of nitrogens with two attached hydrogens (primary N) is 1. The molecule has 2 N–H and O–H groups in total. The van der Waals surface area contributed by atoms with E-state index in [4.69, 9.17) is 10.5 Å². The van der Waals surface area contributed by atoms with Crippen LogP contribution >= 0.6 is 0 Å². The lowest BCUT2D eigenvalue weighted by Crippen LogP contribution is -2.35. The van der Waals surface area contributed by atoms with Crippen molar-refractivity contribution >= 4 is 0 Å². The summed E-state index contributed by atoms with van der Waals surface area (Å²) in [7, 11) is 0. The molecule has 0 aliphatic carbocycles. The third kappa shape index (κ3) is 3.30. The van der Waals surface area contributed by atoms with Crippen molar-refractivity contribution < 1.29 is 4.74 Å². The van der Waals surface area contributed by atoms with Gasteiger partial charge in [-0.1, -0.05) is 30.3 Å². The molecule has 1 fully saturated rings. The molecule has 0 bridgehead atoms. The van der Waals surface area contributed by atoms with Gasteiger partial charge in [-0.15, -0.1) is 0 Å². The van der Waals surface area contributed by atoms with Crippen molar-refractivity contribution in [3.8, 4) is 0 Å². The fraction of sp³-hybridized carbons (Fsp3) is 0.538. The van der Waals surface area contributed by atoms with Crippen molar-refractivity contribution in [2.45, 2.75) is 19.1 Å². The Balaban J connectivity index is 1.93. The lowest BCUT2D eigenvalue weighted by molar-refractivity contribution is 0.0596. The Bertz CT molecular complexity index is 302. The summed E-state index contributed by atoms with van der Waals surface area (Å²) < 4.78 is 5.65. The largest absolute Gasteiger partial charge is 0.376 e. The Morgan fingerprint density at radius 1 is 1.31 bits per heavy atom. The Labute approximate surface area is 97.2 Å². The summed E-state index contributed by atoms with van der Waals surface area (Å²) >= 11 is 0. The van der Waals surface area contributed by atoms with Gasteiger partial charge >= 0.3 is 0 Å². The van der Waals surface area contributed by atoms with Crippen LogP contribution in [0.5, 0.6) is 0 Å². The monoisotopic (exact) mass is 220 g/mol. The zero-order valence-electron chi connectivity index (χ0n) is 9.64. The molecule has 0 aromatic heterocycles. The summed E-state index contributed by atoms with van der Waals surface area (Å²) in [6, 6.07) is 10.6. The molecule has 1 atom stereocenters. The molecular weight excluding hydrogens is 200 g/mol. The first kappa shape index (κ1) is 11.6. The predicted octanol–water partition coefficient (Wildman–Crippen LogP) is 1.24. The highest BCUT2D eigenvalue weighted by Crippen LogP contribution is 2.10. The van der Waals surface area contributed by atoms with Gasteiger partial charge in [-0.3, -0.25) is 4.90 Å². The third-order valence-corrected chi connectivity index (χ3v) is 2.95. The highest BCUT2D eigenvalue weighted by molar-refractivity contribution is 5.14. The molecule has 0 spiro atoms. The van der Waals surface area contributed by atoms with E-state index in [-0.39, 0.29) is 6.10 Å². The lowest BCUT2D eigenvalue weighted by atomic mass is 10.2. The van der Waals surface area contributed by atoms with E-state index in [1.54, 1.807) is 0 Å². The summed E-state index contributed by atoms with van der Waals surface area (Å²) in [5.41, 5.74) is 7.04. The fourth-order valence-corrected chi connectivity index (χ4v) is 2.10. The number of rotatable bonds is 3. The summed E-state index contributed by atoms with van der Waals surface area (Å²) in [5.74, 6) is 0. The second-order valence-electron chi connectivity index (χ2n) is 4.30. The second-order valence-corrected chi connectivity index (χ2v) is 4.30. The Morgan fingerprint density at radius 2 is 2.12 bits per heavy atom. The van der Waals surface area contributed by atoms with Crippen molar-refractivity contribution in [2.75, 3.05) is 26.2 Å². The first-order valence-corrected chi connectivity index (χ1v) is 5.96. The van der Waals surface area contributed by atoms with Crippen LogP contribution in [0.15, 0.2) is 30.3 Å². The van der Waals surface area contributed by atoms with Crippen molar-refractivity contribution in [1.82, 2.24) is 4.90 Å². The SMILES string of the molecule is NC[C@@H]1CN(Cc2ccccc2)CCCO1. The van der Waals surface area contributed by atoms with Crippen molar-refractivity contribution in [3.63, 3.8) is 0 Å². The van der Waals surface area contributed by atoms with Gasteiger partial charge in [0.1, 0.15) is 0 Å². The van der Waals surface area contributed by atoms with Crippen LogP contribution in [0.1, 0.15) is 12.0 Å². The highest BCUT2D eigenvalue weighted by Gasteiger charge is 2.17. The second kappa shape index (κ2) is 5.99. The van der Waals surface area contributed by atoms with Crippen LogP contribution in [0, 0.1) is 0 Å². The zero-order chi connectivity index (χ0) is 11.2. The normalized spacial score (nSPS) is 22.9. The van der Waals surface area contributed by atoms with Crippen LogP contribution in [0.25, 0.3) is 0 Å². The van der Waals surface area contributed by atoms with Gasteiger partial charge in [0.15, 0.2) is 0 Å². The average Bonchev–Trinajstić information content (AvgIpc) is 2.55. The topological polar surface area (TPSA) is 38.5 Å². The Kier molecular flexibility index (Phi) is 4.34. The van der Waals surface area contributed by atoms with Gasteiger partial charge in [0, 0.05) is 32.8 Å². The maximum Gasteiger partial charge on any atom is 0.0824 e. The molecule has 0 unspecified atom stereocenters. The number of nitrogens with zero attached hydrogens (tertiary/aromatic N) is 1. The van der Waals surface area contributed by atoms with E-state index in [9.17, 15) is 0 Å². The van der Waals surface area contributed by atoms with Gasteiger partial charge in [-0.2, -0.15) is 0 Å². The molecular formula is C13H20N2O. The molecule has 0 amide bonds. The van der Waals surface area contributed by atoms with E-state index in [2.05, 4.69) is 35.2 Å². The average molecular weight is 220 g/mol. The van der Waals surface area contributed by atoms with Crippen LogP contribution < -0.4 is 5.73 Å². The maximum absolute atomic E-state index is 5.68. The van der Waals surface area contributed by atoms with E-state index in [0.29, 0.717) is 6.54 Å². The van der Waals surface area contributed by atoms with Crippen LogP contribution in [0.4, 0.5) is 0 Å². The van der Waals surface area contributed by atoms with Gasteiger partial charge in [0.05, 0.1) is 6.10 Å². The molecule has 2 rings (SSSR count). The van der Waals surface area contributed by atoms with Gasteiger partial charge in [0.2, 0.25) is 0 Å². The van der Waals surface area contributed by atoms with Crippen LogP contribution in [0.3, 0.4) is 0 Å². The molecule has 1 aliphatic heterocycles. The van der Waals surface area contributed by atoms with Crippen LogP contribution in [0.2, 0.25) is 0 Å². The molecule has 1 aromatic rings. The molecule has 1 saturated heterocycles. The molecule has 3 nitrogen and oxygen atoms in total. The van der Waals surface area contributed by atoms with E-state index >= 15 is 0 Å². The van der Waals surface area contributed by atoms with Crippen LogP contribution in [-0.2, 0) is 11.3 Å². The minimum absolute atomic E-state index is 0.200. The van der Waals surface area contributed by atoms with E-state index in [0.717, 1.165) is 32.7 Å². The molecule has 0 saturated carbocycles. The number of hydrogen-bond donors (Lipinski definition) is 1. The summed E-state index contributed by atoms with van der Waals surface area (Å²) in [6.45, 7) is 4.51. The third-order valence-electron chi connectivity index (χ3n) is 2.95. The van der Waals surface area contributed by atoms with Crippen molar-refractivity contribution in [3.05, 3.63) is 35.9 Å². The summed E-state index contributed by atoms with van der Waals surface area (Å²) in [4.78, 5) is 2.43. The van der Waals surface area contributed by atoms with E-state index < -0.39 is 0 Å². The highest BCUT2D eigenvalue weighted by atomic mass is 16.5. The zero-order valence-corrected chi connectivity index (χ0v) is 9.64. The molecule has 1 heterocycles. The summed E-state index contributed by atoms with van der Waals surface area (Å²) in [6.07, 6.45) is 1.30. The van der Waals surface area contributed by atoms with Gasteiger partial charge in [-0.05, 0) is 12.0 Å². The number of benzene rings is 1. The number of hydrogen-bond acceptors (Lipinski definition) is 3. The van der Waals surface area contributed by atoms with Gasteiger partial charge < -0.3 is 10.5 Å². The minimum atomic E-state index is 0.200. The molecule has 0 radical (unpaired) electrons. The van der Waals surface area contributed by atoms with Crippen LogP contribution in [-0.4, -0.2) is 37.2 Å². The maximum atomic E-state index is 5.68. The van der Waals surface area contributed by atoms with Gasteiger partial charge in [-0.25, -0.2) is 0 Å². The Morgan fingerprint density at radius 3 is 2.88 bits per heavy atom. The minimum Gasteiger partial charge on any atom is -0.376 e. The molecule has 3 heteroatoms.